The molecule has 1 spiro atoms. The van der Waals surface area contributed by atoms with E-state index in [2.05, 4.69) is 15.2 Å². The zero-order chi connectivity index (χ0) is 17.3. The van der Waals surface area contributed by atoms with Gasteiger partial charge in [-0.15, -0.1) is 0 Å². The Morgan fingerprint density at radius 2 is 2.08 bits per heavy atom. The van der Waals surface area contributed by atoms with E-state index in [1.807, 2.05) is 25.1 Å². The van der Waals surface area contributed by atoms with Gasteiger partial charge in [0.25, 0.3) is 5.91 Å². The number of amides is 1. The number of benzene rings is 1. The van der Waals surface area contributed by atoms with Crippen molar-refractivity contribution in [1.29, 1.82) is 0 Å². The number of hydrogen-bond acceptors (Lipinski definition) is 5. The number of halogens is 1. The zero-order valence-electron chi connectivity index (χ0n) is 14.3. The molecular weight excluding hydrogens is 311 g/mol. The molecule has 2 aliphatic rings. The Morgan fingerprint density at radius 1 is 1.38 bits per heavy atom. The molecule has 6 nitrogen and oxygen atoms in total. The van der Waals surface area contributed by atoms with Gasteiger partial charge in [0.15, 0.2) is 11.6 Å². The third-order valence-corrected chi connectivity index (χ3v) is 4.72. The highest BCUT2D eigenvalue weighted by molar-refractivity contribution is 6.07. The van der Waals surface area contributed by atoms with Crippen molar-refractivity contribution in [2.24, 2.45) is 4.99 Å². The Kier molecular flexibility index (Phi) is 4.45. The number of para-hydroxylation sites is 1. The van der Waals surface area contributed by atoms with Crippen molar-refractivity contribution in [3.05, 3.63) is 29.6 Å². The molecule has 1 aromatic rings. The van der Waals surface area contributed by atoms with E-state index in [1.54, 1.807) is 6.07 Å². The quantitative estimate of drug-likeness (QED) is 0.903. The van der Waals surface area contributed by atoms with Gasteiger partial charge in [0.2, 0.25) is 5.96 Å². The number of aliphatic imine (C=N–C) groups is 1. The predicted octanol–water partition coefficient (Wildman–Crippen LogP) is 1.22. The van der Waals surface area contributed by atoms with E-state index < -0.39 is 5.54 Å². The summed E-state index contributed by atoms with van der Waals surface area (Å²) in [5.41, 5.74) is 0.170. The summed E-state index contributed by atoms with van der Waals surface area (Å²) in [6.07, 6.45) is 1.32. The average molecular weight is 334 g/mol. The number of carbonyl (C=O) groups is 1. The fourth-order valence-corrected chi connectivity index (χ4v) is 3.28. The smallest absolute Gasteiger partial charge is 0.254 e. The van der Waals surface area contributed by atoms with Gasteiger partial charge in [0.05, 0.1) is 7.11 Å². The molecule has 7 heteroatoms. The molecule has 1 aromatic carbocycles. The molecule has 130 valence electrons. The molecule has 2 aliphatic heterocycles. The highest BCUT2D eigenvalue weighted by atomic mass is 19.1. The molecule has 0 aromatic heterocycles. The summed E-state index contributed by atoms with van der Waals surface area (Å²) in [6, 6.07) is 4.96. The number of nitrogens with zero attached hydrogens (tertiary/aromatic N) is 3. The monoisotopic (exact) mass is 334 g/mol. The summed E-state index contributed by atoms with van der Waals surface area (Å²) < 4.78 is 19.0. The van der Waals surface area contributed by atoms with Gasteiger partial charge in [-0.25, -0.2) is 9.38 Å². The molecule has 2 heterocycles. The van der Waals surface area contributed by atoms with Gasteiger partial charge in [-0.2, -0.15) is 0 Å². The summed E-state index contributed by atoms with van der Waals surface area (Å²) in [7, 11) is 5.21. The van der Waals surface area contributed by atoms with Crippen molar-refractivity contribution in [2.45, 2.75) is 24.9 Å². The Labute approximate surface area is 141 Å². The van der Waals surface area contributed by atoms with Crippen molar-refractivity contribution in [3.63, 3.8) is 0 Å². The van der Waals surface area contributed by atoms with Crippen LogP contribution in [0.2, 0.25) is 0 Å². The van der Waals surface area contributed by atoms with Gasteiger partial charge in [-0.1, -0.05) is 12.1 Å². The highest BCUT2D eigenvalue weighted by Gasteiger charge is 2.46. The molecule has 0 aliphatic carbocycles. The predicted molar refractivity (Wildman–Crippen MR) is 89.5 cm³/mol. The van der Waals surface area contributed by atoms with E-state index in [0.717, 1.165) is 18.7 Å². The second-order valence-corrected chi connectivity index (χ2v) is 6.52. The van der Waals surface area contributed by atoms with Crippen LogP contribution in [0, 0.1) is 5.82 Å². The summed E-state index contributed by atoms with van der Waals surface area (Å²) in [6.45, 7) is 2.07. The second kappa shape index (κ2) is 6.39. The van der Waals surface area contributed by atoms with E-state index in [4.69, 9.17) is 4.74 Å². The van der Waals surface area contributed by atoms with Crippen LogP contribution in [0.3, 0.4) is 0 Å². The molecule has 1 N–H and O–H groups in total. The number of likely N-dealkylation sites (tertiary alicyclic amines) is 1. The number of carbonyl (C=O) groups excluding carboxylic acids is 1. The van der Waals surface area contributed by atoms with E-state index in [9.17, 15) is 9.18 Å². The maximum Gasteiger partial charge on any atom is 0.254 e. The lowest BCUT2D eigenvalue weighted by atomic mass is 9.88. The molecule has 0 bridgehead atoms. The van der Waals surface area contributed by atoms with Crippen LogP contribution in [-0.2, 0) is 11.3 Å². The molecule has 3 rings (SSSR count). The number of ether oxygens (including phenoxy) is 1. The zero-order valence-corrected chi connectivity index (χ0v) is 14.3. The van der Waals surface area contributed by atoms with E-state index in [1.165, 1.54) is 13.2 Å². The molecule has 0 unspecified atom stereocenters. The van der Waals surface area contributed by atoms with Crippen LogP contribution in [0.25, 0.3) is 0 Å². The minimum absolute atomic E-state index is 0.0193. The largest absolute Gasteiger partial charge is 0.493 e. The fourth-order valence-electron chi connectivity index (χ4n) is 3.28. The number of piperidine rings is 1. The van der Waals surface area contributed by atoms with Gasteiger partial charge in [-0.3, -0.25) is 15.0 Å². The summed E-state index contributed by atoms with van der Waals surface area (Å²) in [4.78, 5) is 21.0. The maximum absolute atomic E-state index is 13.8. The molecular formula is C17H23FN4O2. The van der Waals surface area contributed by atoms with E-state index >= 15 is 0 Å². The molecule has 0 saturated carbocycles. The minimum atomic E-state index is -0.651. The number of hydrogen-bond donors (Lipinski definition) is 1. The lowest BCUT2D eigenvalue weighted by Crippen LogP contribution is -2.49. The molecule has 24 heavy (non-hydrogen) atoms. The first kappa shape index (κ1) is 16.7. The summed E-state index contributed by atoms with van der Waals surface area (Å²) >= 11 is 0. The van der Waals surface area contributed by atoms with Gasteiger partial charge in [-0.05, 0) is 18.9 Å². The Hall–Kier alpha value is -2.15. The SMILES string of the molecule is COc1c(F)cccc1CN1CCC2(CC1)N=C(N(C)C)NC2=O. The lowest BCUT2D eigenvalue weighted by molar-refractivity contribution is -0.125. The minimum Gasteiger partial charge on any atom is -0.493 e. The van der Waals surface area contributed by atoms with Crippen molar-refractivity contribution < 1.29 is 13.9 Å². The number of guanidine groups is 1. The van der Waals surface area contributed by atoms with Gasteiger partial charge in [0, 0.05) is 39.3 Å². The van der Waals surface area contributed by atoms with Crippen molar-refractivity contribution in [3.8, 4) is 5.75 Å². The first-order valence-corrected chi connectivity index (χ1v) is 8.07. The first-order chi connectivity index (χ1) is 11.4. The fraction of sp³-hybridized carbons (Fsp3) is 0.529. The van der Waals surface area contributed by atoms with Crippen LogP contribution in [-0.4, -0.2) is 61.5 Å². The summed E-state index contributed by atoms with van der Waals surface area (Å²) in [5, 5.41) is 2.85. The van der Waals surface area contributed by atoms with Crippen LogP contribution in [0.4, 0.5) is 4.39 Å². The standard InChI is InChI=1S/C17H23FN4O2/c1-21(2)16-19-15(23)17(20-16)7-9-22(10-8-17)11-12-5-4-6-13(18)14(12)24-3/h4-6H,7-11H2,1-3H3,(H,19,20,23). The molecule has 1 fully saturated rings. The van der Waals surface area contributed by atoms with Crippen LogP contribution in [0.15, 0.2) is 23.2 Å². The van der Waals surface area contributed by atoms with Gasteiger partial charge in [0.1, 0.15) is 5.54 Å². The topological polar surface area (TPSA) is 57.2 Å². The van der Waals surface area contributed by atoms with Crippen LogP contribution in [0.5, 0.6) is 5.75 Å². The molecule has 0 radical (unpaired) electrons. The van der Waals surface area contributed by atoms with Crippen molar-refractivity contribution in [1.82, 2.24) is 15.1 Å². The first-order valence-electron chi connectivity index (χ1n) is 8.07. The molecule has 1 saturated heterocycles. The van der Waals surface area contributed by atoms with Crippen LogP contribution in [0.1, 0.15) is 18.4 Å². The van der Waals surface area contributed by atoms with Crippen molar-refractivity contribution in [2.75, 3.05) is 34.3 Å². The number of rotatable bonds is 3. The maximum atomic E-state index is 13.8. The summed E-state index contributed by atoms with van der Waals surface area (Å²) in [5.74, 6) is 0.553. The molecule has 0 atom stereocenters. The third kappa shape index (κ3) is 2.96. The number of methoxy groups -OCH3 is 1. The van der Waals surface area contributed by atoms with Crippen LogP contribution >= 0.6 is 0 Å². The Balaban J connectivity index is 1.68. The van der Waals surface area contributed by atoms with Crippen LogP contribution < -0.4 is 10.1 Å². The van der Waals surface area contributed by atoms with E-state index in [-0.39, 0.29) is 11.7 Å². The van der Waals surface area contributed by atoms with Gasteiger partial charge >= 0.3 is 0 Å². The average Bonchev–Trinajstić information content (AvgIpc) is 2.87. The third-order valence-electron chi connectivity index (χ3n) is 4.72. The van der Waals surface area contributed by atoms with Gasteiger partial charge < -0.3 is 9.64 Å². The normalized spacial score (nSPS) is 20.0. The van der Waals surface area contributed by atoms with E-state index in [0.29, 0.717) is 31.1 Å². The Bertz CT molecular complexity index is 667. The Morgan fingerprint density at radius 3 is 2.67 bits per heavy atom. The second-order valence-electron chi connectivity index (χ2n) is 6.52. The van der Waals surface area contributed by atoms with Crippen molar-refractivity contribution >= 4 is 11.9 Å². The lowest BCUT2D eigenvalue weighted by Gasteiger charge is -2.35. The highest BCUT2D eigenvalue weighted by Crippen LogP contribution is 2.32. The molecule has 1 amide bonds. The number of nitrogens with one attached hydrogen (secondary N) is 1.